The predicted octanol–water partition coefficient (Wildman–Crippen LogP) is 2.69. The normalized spacial score (nSPS) is 12.1. The lowest BCUT2D eigenvalue weighted by atomic mass is 10.2. The molecule has 0 bridgehead atoms. The van der Waals surface area contributed by atoms with Crippen LogP contribution in [0.4, 0.5) is 0 Å². The van der Waals surface area contributed by atoms with E-state index in [4.69, 9.17) is 0 Å². The zero-order valence-corrected chi connectivity index (χ0v) is 9.71. The van der Waals surface area contributed by atoms with E-state index in [0.29, 0.717) is 0 Å². The Balaban J connectivity index is 2.54. The molecule has 0 aromatic carbocycles. The van der Waals surface area contributed by atoms with Crippen molar-refractivity contribution in [3.05, 3.63) is 29.9 Å². The average molecular weight is 243 g/mol. The molecule has 0 atom stereocenters. The molecule has 0 fully saturated rings. The molecule has 13 heavy (non-hydrogen) atoms. The van der Waals surface area contributed by atoms with E-state index >= 15 is 0 Å². The molecule has 1 aromatic heterocycles. The summed E-state index contributed by atoms with van der Waals surface area (Å²) in [7, 11) is 2.03. The summed E-state index contributed by atoms with van der Waals surface area (Å²) in [6.45, 7) is 2.15. The minimum Gasteiger partial charge on any atom is -0.338 e. The average Bonchev–Trinajstić information content (AvgIpc) is 2.48. The second-order valence-corrected chi connectivity index (χ2v) is 3.95. The largest absolute Gasteiger partial charge is 0.338 e. The van der Waals surface area contributed by atoms with Gasteiger partial charge in [0.15, 0.2) is 0 Å². The van der Waals surface area contributed by atoms with Gasteiger partial charge in [0.2, 0.25) is 0 Å². The van der Waals surface area contributed by atoms with Crippen molar-refractivity contribution in [3.63, 3.8) is 0 Å². The zero-order valence-electron chi connectivity index (χ0n) is 8.13. The molecule has 1 rings (SSSR count). The van der Waals surface area contributed by atoms with Crippen molar-refractivity contribution in [1.82, 2.24) is 9.55 Å². The molecular weight excluding hydrogens is 228 g/mol. The monoisotopic (exact) mass is 242 g/mol. The van der Waals surface area contributed by atoms with Crippen LogP contribution in [-0.2, 0) is 13.5 Å². The standard InChI is InChI=1S/C10H15BrN2/c1-9(4-3-5-11)8-10-12-6-7-13(10)2/h4,6-7H,3,5,8H2,1-2H3. The third-order valence-electron chi connectivity index (χ3n) is 1.96. The smallest absolute Gasteiger partial charge is 0.112 e. The lowest BCUT2D eigenvalue weighted by Crippen LogP contribution is -1.97. The molecular formula is C10H15BrN2. The van der Waals surface area contributed by atoms with Gasteiger partial charge in [-0.25, -0.2) is 4.98 Å². The molecule has 0 unspecified atom stereocenters. The van der Waals surface area contributed by atoms with Crippen LogP contribution in [0.3, 0.4) is 0 Å². The molecule has 0 saturated carbocycles. The van der Waals surface area contributed by atoms with Crippen molar-refractivity contribution in [3.8, 4) is 0 Å². The highest BCUT2D eigenvalue weighted by atomic mass is 79.9. The minimum absolute atomic E-state index is 0.955. The summed E-state index contributed by atoms with van der Waals surface area (Å²) in [5.74, 6) is 1.13. The first-order valence-corrected chi connectivity index (χ1v) is 5.54. The number of rotatable bonds is 4. The Hall–Kier alpha value is -0.570. The SMILES string of the molecule is CC(=CCCBr)Cc1nccn1C. The first kappa shape index (κ1) is 10.5. The number of nitrogens with zero attached hydrogens (tertiary/aromatic N) is 2. The summed E-state index contributed by atoms with van der Waals surface area (Å²) in [4.78, 5) is 4.27. The van der Waals surface area contributed by atoms with Gasteiger partial charge in [0, 0.05) is 31.2 Å². The first-order valence-electron chi connectivity index (χ1n) is 4.42. The van der Waals surface area contributed by atoms with E-state index < -0.39 is 0 Å². The van der Waals surface area contributed by atoms with Crippen molar-refractivity contribution >= 4 is 15.9 Å². The summed E-state index contributed by atoms with van der Waals surface area (Å²) in [5, 5.41) is 1.03. The Labute approximate surface area is 87.8 Å². The molecule has 3 heteroatoms. The van der Waals surface area contributed by atoms with Crippen molar-refractivity contribution < 1.29 is 0 Å². The van der Waals surface area contributed by atoms with Gasteiger partial charge in [0.05, 0.1) is 0 Å². The molecule has 0 saturated heterocycles. The topological polar surface area (TPSA) is 17.8 Å². The zero-order chi connectivity index (χ0) is 9.68. The van der Waals surface area contributed by atoms with Crippen LogP contribution in [0.5, 0.6) is 0 Å². The van der Waals surface area contributed by atoms with E-state index in [9.17, 15) is 0 Å². The fourth-order valence-corrected chi connectivity index (χ4v) is 1.42. The Bertz CT molecular complexity index is 289. The van der Waals surface area contributed by atoms with E-state index in [1.165, 1.54) is 5.57 Å². The number of hydrogen-bond donors (Lipinski definition) is 0. The maximum absolute atomic E-state index is 4.27. The maximum Gasteiger partial charge on any atom is 0.112 e. The van der Waals surface area contributed by atoms with Gasteiger partial charge in [-0.3, -0.25) is 0 Å². The molecule has 0 radical (unpaired) electrons. The summed E-state index contributed by atoms with van der Waals surface area (Å²) >= 11 is 3.40. The molecule has 0 N–H and O–H groups in total. The minimum atomic E-state index is 0.955. The number of hydrogen-bond acceptors (Lipinski definition) is 1. The summed E-state index contributed by atoms with van der Waals surface area (Å²) in [6, 6.07) is 0. The molecule has 72 valence electrons. The molecule has 0 aliphatic rings. The molecule has 0 amide bonds. The molecule has 1 heterocycles. The van der Waals surface area contributed by atoms with Gasteiger partial charge in [-0.05, 0) is 13.3 Å². The predicted molar refractivity (Wildman–Crippen MR) is 59.1 cm³/mol. The highest BCUT2D eigenvalue weighted by Gasteiger charge is 1.98. The number of allylic oxidation sites excluding steroid dienone is 2. The number of alkyl halides is 1. The number of imidazole rings is 1. The van der Waals surface area contributed by atoms with Gasteiger partial charge in [-0.1, -0.05) is 27.6 Å². The van der Waals surface area contributed by atoms with Crippen molar-refractivity contribution in [2.75, 3.05) is 5.33 Å². The van der Waals surface area contributed by atoms with Crippen LogP contribution in [0, 0.1) is 0 Å². The van der Waals surface area contributed by atoms with Gasteiger partial charge in [-0.2, -0.15) is 0 Å². The second kappa shape index (κ2) is 5.22. The van der Waals surface area contributed by atoms with Crippen LogP contribution in [0.1, 0.15) is 19.2 Å². The summed E-state index contributed by atoms with van der Waals surface area (Å²) < 4.78 is 2.06. The molecule has 2 nitrogen and oxygen atoms in total. The highest BCUT2D eigenvalue weighted by molar-refractivity contribution is 9.09. The molecule has 0 aliphatic carbocycles. The van der Waals surface area contributed by atoms with Gasteiger partial charge in [0.25, 0.3) is 0 Å². The van der Waals surface area contributed by atoms with Crippen molar-refractivity contribution in [2.24, 2.45) is 7.05 Å². The van der Waals surface area contributed by atoms with Crippen molar-refractivity contribution in [1.29, 1.82) is 0 Å². The van der Waals surface area contributed by atoms with Crippen molar-refractivity contribution in [2.45, 2.75) is 19.8 Å². The fourth-order valence-electron chi connectivity index (χ4n) is 1.19. The van der Waals surface area contributed by atoms with Crippen LogP contribution in [0.25, 0.3) is 0 Å². The van der Waals surface area contributed by atoms with Crippen LogP contribution >= 0.6 is 15.9 Å². The van der Waals surface area contributed by atoms with Crippen LogP contribution in [-0.4, -0.2) is 14.9 Å². The van der Waals surface area contributed by atoms with Crippen LogP contribution < -0.4 is 0 Å². The van der Waals surface area contributed by atoms with Crippen LogP contribution in [0.2, 0.25) is 0 Å². The maximum atomic E-state index is 4.27. The fraction of sp³-hybridized carbons (Fsp3) is 0.500. The molecule has 1 aromatic rings. The number of aryl methyl sites for hydroxylation is 1. The Kier molecular flexibility index (Phi) is 4.22. The first-order chi connectivity index (χ1) is 6.24. The second-order valence-electron chi connectivity index (χ2n) is 3.16. The lowest BCUT2D eigenvalue weighted by Gasteiger charge is -2.01. The molecule has 0 aliphatic heterocycles. The summed E-state index contributed by atoms with van der Waals surface area (Å²) in [6.07, 6.45) is 8.12. The Morgan fingerprint density at radius 2 is 2.46 bits per heavy atom. The Morgan fingerprint density at radius 1 is 1.69 bits per heavy atom. The summed E-state index contributed by atoms with van der Waals surface area (Å²) in [5.41, 5.74) is 1.38. The van der Waals surface area contributed by atoms with E-state index in [1.54, 1.807) is 0 Å². The van der Waals surface area contributed by atoms with E-state index in [0.717, 1.165) is 24.0 Å². The van der Waals surface area contributed by atoms with Gasteiger partial charge >= 0.3 is 0 Å². The third-order valence-corrected chi connectivity index (χ3v) is 2.42. The third kappa shape index (κ3) is 3.35. The quantitative estimate of drug-likeness (QED) is 0.587. The number of halogens is 1. The van der Waals surface area contributed by atoms with Gasteiger partial charge < -0.3 is 4.57 Å². The Morgan fingerprint density at radius 3 is 3.00 bits per heavy atom. The van der Waals surface area contributed by atoms with E-state index in [1.807, 2.05) is 19.4 Å². The van der Waals surface area contributed by atoms with Gasteiger partial charge in [-0.15, -0.1) is 0 Å². The van der Waals surface area contributed by atoms with Gasteiger partial charge in [0.1, 0.15) is 5.82 Å². The lowest BCUT2D eigenvalue weighted by molar-refractivity contribution is 0.814. The highest BCUT2D eigenvalue weighted by Crippen LogP contribution is 2.06. The van der Waals surface area contributed by atoms with E-state index in [2.05, 4.69) is 38.5 Å². The van der Waals surface area contributed by atoms with E-state index in [-0.39, 0.29) is 0 Å². The molecule has 0 spiro atoms. The van der Waals surface area contributed by atoms with Crippen LogP contribution in [0.15, 0.2) is 24.0 Å². The number of aromatic nitrogens is 2.